The van der Waals surface area contributed by atoms with Crippen LogP contribution in [0.2, 0.25) is 0 Å². The lowest BCUT2D eigenvalue weighted by Gasteiger charge is -2.37. The van der Waals surface area contributed by atoms with Gasteiger partial charge in [-0.15, -0.1) is 12.4 Å². The molecule has 0 atom stereocenters. The lowest BCUT2D eigenvalue weighted by molar-refractivity contribution is -0.138. The molecule has 1 saturated carbocycles. The number of nitrogens with zero attached hydrogens (tertiary/aromatic N) is 1. The fourth-order valence-corrected chi connectivity index (χ4v) is 2.56. The molecule has 1 heterocycles. The second kappa shape index (κ2) is 5.87. The van der Waals surface area contributed by atoms with Gasteiger partial charge in [0.1, 0.15) is 0 Å². The first kappa shape index (κ1) is 13.8. The van der Waals surface area contributed by atoms with E-state index in [1.54, 1.807) is 0 Å². The number of hydrogen-bond donors (Lipinski definition) is 1. The summed E-state index contributed by atoms with van der Waals surface area (Å²) in [4.78, 5) is 14.0. The lowest BCUT2D eigenvalue weighted by Crippen LogP contribution is -2.53. The van der Waals surface area contributed by atoms with Gasteiger partial charge in [0.05, 0.1) is 5.92 Å². The summed E-state index contributed by atoms with van der Waals surface area (Å²) in [6, 6.07) is 0.509. The summed E-state index contributed by atoms with van der Waals surface area (Å²) in [5.41, 5.74) is 0. The monoisotopic (exact) mass is 246 g/mol. The highest BCUT2D eigenvalue weighted by atomic mass is 35.5. The molecule has 0 radical (unpaired) electrons. The third-order valence-electron chi connectivity index (χ3n) is 4.01. The van der Waals surface area contributed by atoms with E-state index in [1.807, 2.05) is 11.9 Å². The zero-order valence-electron chi connectivity index (χ0n) is 10.2. The number of rotatable bonds is 2. The van der Waals surface area contributed by atoms with Gasteiger partial charge < -0.3 is 10.2 Å². The molecule has 1 saturated heterocycles. The minimum absolute atomic E-state index is 0. The largest absolute Gasteiger partial charge is 0.342 e. The van der Waals surface area contributed by atoms with E-state index in [-0.39, 0.29) is 18.3 Å². The highest BCUT2D eigenvalue weighted by Gasteiger charge is 2.31. The van der Waals surface area contributed by atoms with Crippen molar-refractivity contribution in [2.24, 2.45) is 11.8 Å². The summed E-state index contributed by atoms with van der Waals surface area (Å²) in [6.45, 7) is 4.08. The van der Waals surface area contributed by atoms with E-state index in [9.17, 15) is 4.79 Å². The van der Waals surface area contributed by atoms with Crippen molar-refractivity contribution in [3.05, 3.63) is 0 Å². The molecule has 0 aromatic carbocycles. The van der Waals surface area contributed by atoms with Gasteiger partial charge in [-0.1, -0.05) is 6.92 Å². The molecule has 0 bridgehead atoms. The molecule has 0 aromatic rings. The third-order valence-corrected chi connectivity index (χ3v) is 4.01. The first-order valence-electron chi connectivity index (χ1n) is 6.16. The lowest BCUT2D eigenvalue weighted by atomic mass is 9.86. The summed E-state index contributed by atoms with van der Waals surface area (Å²) in [5, 5.41) is 3.16. The molecular weight excluding hydrogens is 224 g/mol. The van der Waals surface area contributed by atoms with E-state index in [4.69, 9.17) is 0 Å². The summed E-state index contributed by atoms with van der Waals surface area (Å²) in [7, 11) is 1.99. The summed E-state index contributed by atoms with van der Waals surface area (Å²) < 4.78 is 0. The van der Waals surface area contributed by atoms with Crippen LogP contribution in [-0.4, -0.2) is 37.0 Å². The van der Waals surface area contributed by atoms with Gasteiger partial charge in [0, 0.05) is 26.2 Å². The Morgan fingerprint density at radius 1 is 1.19 bits per heavy atom. The van der Waals surface area contributed by atoms with Gasteiger partial charge in [-0.25, -0.2) is 0 Å². The van der Waals surface area contributed by atoms with Crippen LogP contribution >= 0.6 is 12.4 Å². The van der Waals surface area contributed by atoms with Crippen LogP contribution in [0.1, 0.15) is 32.6 Å². The zero-order valence-corrected chi connectivity index (χ0v) is 11.1. The van der Waals surface area contributed by atoms with E-state index >= 15 is 0 Å². The molecule has 1 aliphatic heterocycles. The van der Waals surface area contributed by atoms with Crippen molar-refractivity contribution < 1.29 is 4.79 Å². The molecule has 1 amide bonds. The molecule has 0 unspecified atom stereocenters. The summed E-state index contributed by atoms with van der Waals surface area (Å²) in [5.74, 6) is 1.47. The fraction of sp³-hybridized carbons (Fsp3) is 0.917. The molecule has 2 rings (SSSR count). The van der Waals surface area contributed by atoms with Gasteiger partial charge in [-0.05, 0) is 31.6 Å². The van der Waals surface area contributed by atoms with Crippen LogP contribution in [0, 0.1) is 11.8 Å². The Morgan fingerprint density at radius 3 is 2.19 bits per heavy atom. The molecule has 3 nitrogen and oxygen atoms in total. The van der Waals surface area contributed by atoms with Crippen LogP contribution in [0.3, 0.4) is 0 Å². The van der Waals surface area contributed by atoms with Gasteiger partial charge in [-0.3, -0.25) is 4.79 Å². The first-order valence-corrected chi connectivity index (χ1v) is 6.16. The summed E-state index contributed by atoms with van der Waals surface area (Å²) >= 11 is 0. The topological polar surface area (TPSA) is 32.3 Å². The van der Waals surface area contributed by atoms with Crippen LogP contribution in [-0.2, 0) is 4.79 Å². The maximum absolute atomic E-state index is 12.0. The average molecular weight is 247 g/mol. The van der Waals surface area contributed by atoms with Gasteiger partial charge in [0.25, 0.3) is 0 Å². The maximum atomic E-state index is 12.0. The molecule has 94 valence electrons. The van der Waals surface area contributed by atoms with Crippen molar-refractivity contribution in [3.63, 3.8) is 0 Å². The molecule has 0 spiro atoms. The quantitative estimate of drug-likeness (QED) is 0.804. The molecule has 2 fully saturated rings. The Morgan fingerprint density at radius 2 is 1.75 bits per heavy atom. The molecule has 4 heteroatoms. The number of halogens is 1. The minimum atomic E-state index is 0. The van der Waals surface area contributed by atoms with E-state index in [0.29, 0.717) is 11.9 Å². The number of carbonyl (C=O) groups is 1. The average Bonchev–Trinajstić information content (AvgIpc) is 2.15. The molecule has 1 aliphatic carbocycles. The summed E-state index contributed by atoms with van der Waals surface area (Å²) in [6.07, 6.45) is 4.96. The predicted molar refractivity (Wildman–Crippen MR) is 67.8 cm³/mol. The van der Waals surface area contributed by atoms with Gasteiger partial charge in [0.2, 0.25) is 5.91 Å². The predicted octanol–water partition coefficient (Wildman–Crippen LogP) is 1.66. The normalized spacial score (nSPS) is 30.1. The van der Waals surface area contributed by atoms with Crippen LogP contribution in [0.5, 0.6) is 0 Å². The Hall–Kier alpha value is -0.280. The van der Waals surface area contributed by atoms with Crippen molar-refractivity contribution in [2.45, 2.75) is 38.6 Å². The van der Waals surface area contributed by atoms with Crippen molar-refractivity contribution in [1.82, 2.24) is 10.2 Å². The van der Waals surface area contributed by atoms with Crippen molar-refractivity contribution in [3.8, 4) is 0 Å². The Labute approximate surface area is 104 Å². The minimum Gasteiger partial charge on any atom is -0.342 e. The highest BCUT2D eigenvalue weighted by Crippen LogP contribution is 2.27. The number of amides is 1. The van der Waals surface area contributed by atoms with E-state index < -0.39 is 0 Å². The van der Waals surface area contributed by atoms with Gasteiger partial charge >= 0.3 is 0 Å². The number of hydrogen-bond acceptors (Lipinski definition) is 2. The van der Waals surface area contributed by atoms with Gasteiger partial charge in [-0.2, -0.15) is 0 Å². The zero-order chi connectivity index (χ0) is 10.8. The Kier molecular flexibility index (Phi) is 5.06. The molecule has 0 aromatic heterocycles. The smallest absolute Gasteiger partial charge is 0.228 e. The molecule has 1 N–H and O–H groups in total. The van der Waals surface area contributed by atoms with Crippen molar-refractivity contribution >= 4 is 18.3 Å². The number of carbonyl (C=O) groups excluding carboxylic acids is 1. The first-order chi connectivity index (χ1) is 7.18. The van der Waals surface area contributed by atoms with Crippen LogP contribution < -0.4 is 5.32 Å². The SMILES string of the molecule is CC1CCC(N(C)C(=O)C2CNC2)CC1.Cl. The fourth-order valence-electron chi connectivity index (χ4n) is 2.56. The standard InChI is InChI=1S/C12H22N2O.ClH/c1-9-3-5-11(6-4-9)14(2)12(15)10-7-13-8-10;/h9-11,13H,3-8H2,1-2H3;1H. The van der Waals surface area contributed by atoms with Crippen molar-refractivity contribution in [1.29, 1.82) is 0 Å². The number of nitrogens with one attached hydrogen (secondary N) is 1. The second-order valence-electron chi connectivity index (χ2n) is 5.22. The van der Waals surface area contributed by atoms with Crippen molar-refractivity contribution in [2.75, 3.05) is 20.1 Å². The second-order valence-corrected chi connectivity index (χ2v) is 5.22. The molecule has 16 heavy (non-hydrogen) atoms. The van der Waals surface area contributed by atoms with Crippen LogP contribution in [0.25, 0.3) is 0 Å². The van der Waals surface area contributed by atoms with Gasteiger partial charge in [0.15, 0.2) is 0 Å². The van der Waals surface area contributed by atoms with Crippen LogP contribution in [0.15, 0.2) is 0 Å². The highest BCUT2D eigenvalue weighted by molar-refractivity contribution is 5.85. The van der Waals surface area contributed by atoms with E-state index in [0.717, 1.165) is 19.0 Å². The Bertz CT molecular complexity index is 235. The van der Waals surface area contributed by atoms with Crippen LogP contribution in [0.4, 0.5) is 0 Å². The molecular formula is C12H23ClN2O. The molecule has 2 aliphatic rings. The van der Waals surface area contributed by atoms with E-state index in [1.165, 1.54) is 25.7 Å². The van der Waals surface area contributed by atoms with E-state index in [2.05, 4.69) is 12.2 Å². The Balaban J connectivity index is 0.00000128. The third kappa shape index (κ3) is 2.89. The maximum Gasteiger partial charge on any atom is 0.228 e.